The summed E-state index contributed by atoms with van der Waals surface area (Å²) in [5.74, 6) is -1.50. The molecule has 9 nitrogen and oxygen atoms in total. The van der Waals surface area contributed by atoms with E-state index in [0.717, 1.165) is 0 Å². The van der Waals surface area contributed by atoms with Gasteiger partial charge in [0.2, 0.25) is 0 Å². The monoisotopic (exact) mass is 512 g/mol. The molecule has 206 valence electrons. The SMILES string of the molecule is CC(O)(CO)CC[C@@H](O)[C@](C)(O)[C@H]1CC[C@@]2(O)C3=CC(=O)[C@]4(O)C[C@@H](O)[C@@H](O)C[C@]4(C)[C@H]3CC[C@]12C. The third-order valence-electron chi connectivity index (χ3n) is 11.0. The van der Waals surface area contributed by atoms with E-state index in [1.165, 1.54) is 13.0 Å². The molecule has 36 heavy (non-hydrogen) atoms. The minimum absolute atomic E-state index is 0.0237. The van der Waals surface area contributed by atoms with E-state index in [9.17, 15) is 45.6 Å². The van der Waals surface area contributed by atoms with Crippen molar-refractivity contribution in [1.29, 1.82) is 0 Å². The van der Waals surface area contributed by atoms with Gasteiger partial charge in [0.05, 0.1) is 41.7 Å². The van der Waals surface area contributed by atoms with Crippen LogP contribution in [0.2, 0.25) is 0 Å². The molecule has 0 heterocycles. The molecule has 0 aromatic heterocycles. The Balaban J connectivity index is 1.68. The van der Waals surface area contributed by atoms with Crippen LogP contribution in [0.15, 0.2) is 11.6 Å². The van der Waals surface area contributed by atoms with Gasteiger partial charge in [-0.05, 0) is 82.3 Å². The summed E-state index contributed by atoms with van der Waals surface area (Å²) < 4.78 is 0. The lowest BCUT2D eigenvalue weighted by Gasteiger charge is -2.62. The van der Waals surface area contributed by atoms with E-state index in [1.807, 2.05) is 6.92 Å². The lowest BCUT2D eigenvalue weighted by Crippen LogP contribution is -2.69. The number of carbonyl (C=O) groups is 1. The molecule has 3 fully saturated rings. The highest BCUT2D eigenvalue weighted by atomic mass is 16.4. The summed E-state index contributed by atoms with van der Waals surface area (Å²) in [5, 5.41) is 86.4. The Bertz CT molecular complexity index is 930. The van der Waals surface area contributed by atoms with Crippen LogP contribution in [0.25, 0.3) is 0 Å². The first-order valence-electron chi connectivity index (χ1n) is 13.2. The van der Waals surface area contributed by atoms with Crippen LogP contribution < -0.4 is 0 Å². The molecule has 11 atom stereocenters. The minimum atomic E-state index is -1.84. The van der Waals surface area contributed by atoms with Crippen molar-refractivity contribution < 1.29 is 45.6 Å². The molecule has 0 saturated heterocycles. The first-order valence-corrected chi connectivity index (χ1v) is 13.2. The van der Waals surface area contributed by atoms with Crippen molar-refractivity contribution >= 4 is 5.78 Å². The number of aliphatic hydroxyl groups excluding tert-OH is 4. The number of hydrogen-bond donors (Lipinski definition) is 8. The Morgan fingerprint density at radius 2 is 1.61 bits per heavy atom. The third kappa shape index (κ3) is 3.69. The smallest absolute Gasteiger partial charge is 0.187 e. The van der Waals surface area contributed by atoms with E-state index in [2.05, 4.69) is 0 Å². The fraction of sp³-hybridized carbons (Fsp3) is 0.889. The van der Waals surface area contributed by atoms with Crippen LogP contribution in [0.4, 0.5) is 0 Å². The van der Waals surface area contributed by atoms with Crippen molar-refractivity contribution in [2.75, 3.05) is 6.61 Å². The second-order valence-electron chi connectivity index (χ2n) is 13.2. The Hall–Kier alpha value is -0.910. The highest BCUT2D eigenvalue weighted by Crippen LogP contribution is 2.69. The van der Waals surface area contributed by atoms with E-state index >= 15 is 0 Å². The third-order valence-corrected chi connectivity index (χ3v) is 11.0. The number of fused-ring (bicyclic) bond motifs is 5. The van der Waals surface area contributed by atoms with Gasteiger partial charge in [0.1, 0.15) is 5.60 Å². The predicted octanol–water partition coefficient (Wildman–Crippen LogP) is -0.0587. The van der Waals surface area contributed by atoms with Crippen molar-refractivity contribution in [2.45, 2.75) is 120 Å². The molecule has 0 spiro atoms. The van der Waals surface area contributed by atoms with Crippen LogP contribution in [0, 0.1) is 22.7 Å². The number of rotatable bonds is 6. The van der Waals surface area contributed by atoms with E-state index in [0.29, 0.717) is 24.8 Å². The van der Waals surface area contributed by atoms with Gasteiger partial charge in [-0.15, -0.1) is 0 Å². The van der Waals surface area contributed by atoms with Gasteiger partial charge in [0, 0.05) is 17.3 Å². The highest BCUT2D eigenvalue weighted by Gasteiger charge is 2.71. The summed E-state index contributed by atoms with van der Waals surface area (Å²) in [7, 11) is 0. The molecule has 0 bridgehead atoms. The van der Waals surface area contributed by atoms with E-state index in [4.69, 9.17) is 0 Å². The molecule has 0 amide bonds. The van der Waals surface area contributed by atoms with E-state index in [-0.39, 0.29) is 32.1 Å². The predicted molar refractivity (Wildman–Crippen MR) is 129 cm³/mol. The molecule has 8 N–H and O–H groups in total. The average Bonchev–Trinajstić information content (AvgIpc) is 3.07. The van der Waals surface area contributed by atoms with Crippen molar-refractivity contribution in [3.63, 3.8) is 0 Å². The van der Waals surface area contributed by atoms with Crippen LogP contribution in [-0.2, 0) is 4.79 Å². The highest BCUT2D eigenvalue weighted by molar-refractivity contribution is 6.00. The summed E-state index contributed by atoms with van der Waals surface area (Å²) in [5.41, 5.74) is -7.72. The molecule has 0 aromatic rings. The zero-order valence-electron chi connectivity index (χ0n) is 21.8. The molecule has 3 saturated carbocycles. The van der Waals surface area contributed by atoms with Crippen LogP contribution in [0.3, 0.4) is 0 Å². The lowest BCUT2D eigenvalue weighted by molar-refractivity contribution is -0.211. The van der Waals surface area contributed by atoms with Crippen molar-refractivity contribution in [1.82, 2.24) is 0 Å². The summed E-state index contributed by atoms with van der Waals surface area (Å²) >= 11 is 0. The van der Waals surface area contributed by atoms with E-state index in [1.54, 1.807) is 13.8 Å². The summed E-state index contributed by atoms with van der Waals surface area (Å²) in [4.78, 5) is 13.3. The van der Waals surface area contributed by atoms with Crippen LogP contribution in [0.5, 0.6) is 0 Å². The molecule has 0 radical (unpaired) electrons. The fourth-order valence-corrected chi connectivity index (χ4v) is 8.34. The number of ketones is 1. The van der Waals surface area contributed by atoms with Crippen LogP contribution in [0.1, 0.15) is 79.1 Å². The standard InChI is InChI=1S/C27H44O9/c1-22(33,14-28)8-7-20(31)25(4,34)19-6-10-26(35)16-11-21(32)27(36)13-18(30)17(29)12-24(27,3)15(16)5-9-23(19,26)2/h11,15,17-20,28-31,33-36H,5-10,12-14H2,1-4H3/t15-,17-,18+,19-,20+,22?,23+,24+,25+,26+,27+/m0/s1. The number of hydrogen-bond acceptors (Lipinski definition) is 9. The molecule has 4 aliphatic rings. The first-order chi connectivity index (χ1) is 16.4. The van der Waals surface area contributed by atoms with Gasteiger partial charge in [-0.3, -0.25) is 4.79 Å². The second kappa shape index (κ2) is 8.55. The molecule has 0 aliphatic heterocycles. The van der Waals surface area contributed by atoms with Gasteiger partial charge in [-0.2, -0.15) is 0 Å². The molecule has 9 heteroatoms. The zero-order chi connectivity index (χ0) is 27.1. The first kappa shape index (κ1) is 28.1. The zero-order valence-corrected chi connectivity index (χ0v) is 21.8. The normalized spacial score (nSPS) is 48.7. The second-order valence-corrected chi connectivity index (χ2v) is 13.2. The molecule has 4 rings (SSSR count). The van der Waals surface area contributed by atoms with Gasteiger partial charge in [0.15, 0.2) is 5.78 Å². The molecule has 1 unspecified atom stereocenters. The maximum atomic E-state index is 13.3. The van der Waals surface area contributed by atoms with E-state index < -0.39 is 75.8 Å². The van der Waals surface area contributed by atoms with Crippen molar-refractivity contribution in [3.8, 4) is 0 Å². The molecule has 0 aromatic carbocycles. The Morgan fingerprint density at radius 1 is 1.00 bits per heavy atom. The molecular formula is C27H44O9. The average molecular weight is 513 g/mol. The maximum absolute atomic E-state index is 13.3. The largest absolute Gasteiger partial charge is 0.393 e. The van der Waals surface area contributed by atoms with Crippen LogP contribution >= 0.6 is 0 Å². The van der Waals surface area contributed by atoms with Crippen molar-refractivity contribution in [3.05, 3.63) is 11.6 Å². The number of carbonyl (C=O) groups excluding carboxylic acids is 1. The van der Waals surface area contributed by atoms with Gasteiger partial charge >= 0.3 is 0 Å². The molecule has 4 aliphatic carbocycles. The maximum Gasteiger partial charge on any atom is 0.187 e. The van der Waals surface area contributed by atoms with Crippen LogP contribution in [-0.4, -0.2) is 94.0 Å². The quantitative estimate of drug-likeness (QED) is 0.242. The number of aliphatic hydroxyl groups is 8. The Morgan fingerprint density at radius 3 is 2.22 bits per heavy atom. The summed E-state index contributed by atoms with van der Waals surface area (Å²) in [6, 6.07) is 0. The van der Waals surface area contributed by atoms with Gasteiger partial charge in [-0.1, -0.05) is 13.8 Å². The summed E-state index contributed by atoms with van der Waals surface area (Å²) in [6.07, 6.45) is -0.649. The van der Waals surface area contributed by atoms with Gasteiger partial charge < -0.3 is 40.9 Å². The van der Waals surface area contributed by atoms with Gasteiger partial charge in [-0.25, -0.2) is 0 Å². The lowest BCUT2D eigenvalue weighted by atomic mass is 9.44. The fourth-order valence-electron chi connectivity index (χ4n) is 8.34. The topological polar surface area (TPSA) is 179 Å². The Kier molecular flexibility index (Phi) is 6.67. The Labute approximate surface area is 212 Å². The van der Waals surface area contributed by atoms with Gasteiger partial charge in [0.25, 0.3) is 0 Å². The van der Waals surface area contributed by atoms with Crippen molar-refractivity contribution in [2.24, 2.45) is 22.7 Å². The minimum Gasteiger partial charge on any atom is -0.393 e. The summed E-state index contributed by atoms with van der Waals surface area (Å²) in [6.45, 7) is 6.16. The molecular weight excluding hydrogens is 468 g/mol.